The number of pyridine rings is 1. The number of hydrogen-bond acceptors (Lipinski definition) is 4. The molecule has 1 atom stereocenters. The summed E-state index contributed by atoms with van der Waals surface area (Å²) in [6.07, 6.45) is 1.94. The van der Waals surface area contributed by atoms with Crippen LogP contribution >= 0.6 is 0 Å². The van der Waals surface area contributed by atoms with Crippen LogP contribution in [0.4, 0.5) is 8.78 Å². The number of ketones is 1. The Balaban J connectivity index is 1.90. The van der Waals surface area contributed by atoms with Gasteiger partial charge in [0.05, 0.1) is 24.4 Å². The molecule has 1 aromatic heterocycles. The van der Waals surface area contributed by atoms with Crippen LogP contribution in [0.1, 0.15) is 27.9 Å². The molecule has 0 fully saturated rings. The van der Waals surface area contributed by atoms with Gasteiger partial charge >= 0.3 is 0 Å². The summed E-state index contributed by atoms with van der Waals surface area (Å²) in [7, 11) is 1.50. The fourth-order valence-electron chi connectivity index (χ4n) is 2.95. The van der Waals surface area contributed by atoms with Crippen molar-refractivity contribution in [3.05, 3.63) is 70.9 Å². The van der Waals surface area contributed by atoms with Crippen LogP contribution in [-0.4, -0.2) is 33.2 Å². The number of ether oxygens (including phenoxy) is 1. The SMILES string of the molecule is COc1cnc2ccc(C(=O)c3cc(F)cc(CCCNS(=O)O)c3F)cc2c1. The second kappa shape index (κ2) is 9.17. The largest absolute Gasteiger partial charge is 0.495 e. The molecule has 0 saturated heterocycles. The Morgan fingerprint density at radius 2 is 2.03 bits per heavy atom. The summed E-state index contributed by atoms with van der Waals surface area (Å²) in [5.41, 5.74) is 0.494. The maximum Gasteiger partial charge on any atom is 0.231 e. The smallest absolute Gasteiger partial charge is 0.231 e. The Morgan fingerprint density at radius 1 is 1.24 bits per heavy atom. The predicted octanol–water partition coefficient (Wildman–Crippen LogP) is 3.41. The normalized spacial score (nSPS) is 12.1. The molecule has 0 amide bonds. The summed E-state index contributed by atoms with van der Waals surface area (Å²) in [4.78, 5) is 17.1. The quantitative estimate of drug-likeness (QED) is 0.331. The molecule has 0 aliphatic carbocycles. The van der Waals surface area contributed by atoms with Gasteiger partial charge in [-0.1, -0.05) is 0 Å². The first-order valence-electron chi connectivity index (χ1n) is 8.70. The van der Waals surface area contributed by atoms with Crippen molar-refractivity contribution in [2.24, 2.45) is 0 Å². The number of aromatic nitrogens is 1. The van der Waals surface area contributed by atoms with Crippen molar-refractivity contribution >= 4 is 28.0 Å². The molecule has 3 aromatic rings. The lowest BCUT2D eigenvalue weighted by Gasteiger charge is -2.10. The Hall–Kier alpha value is -2.75. The summed E-state index contributed by atoms with van der Waals surface area (Å²) >= 11 is -2.17. The molecule has 29 heavy (non-hydrogen) atoms. The highest BCUT2D eigenvalue weighted by molar-refractivity contribution is 7.77. The van der Waals surface area contributed by atoms with E-state index in [1.54, 1.807) is 24.4 Å². The fraction of sp³-hybridized carbons (Fsp3) is 0.200. The molecule has 9 heteroatoms. The summed E-state index contributed by atoms with van der Waals surface area (Å²) in [5, 5.41) is 0.635. The van der Waals surface area contributed by atoms with Gasteiger partial charge < -0.3 is 4.74 Å². The number of nitrogens with one attached hydrogen (secondary N) is 1. The van der Waals surface area contributed by atoms with E-state index in [1.807, 2.05) is 0 Å². The average molecular weight is 420 g/mol. The minimum absolute atomic E-state index is 0.0306. The van der Waals surface area contributed by atoms with Crippen molar-refractivity contribution in [1.29, 1.82) is 0 Å². The standard InChI is InChI=1S/C20H18F2N2O4S/c1-28-16-9-14-7-13(4-5-18(14)23-11-16)20(25)17-10-15(21)8-12(19(17)22)3-2-6-24-29(26)27/h4-5,7-11,24H,2-3,6H2,1H3,(H,26,27). The number of carbonyl (C=O) groups excluding carboxylic acids is 1. The van der Waals surface area contributed by atoms with E-state index < -0.39 is 28.7 Å². The third kappa shape index (κ3) is 5.00. The predicted molar refractivity (Wildman–Crippen MR) is 105 cm³/mol. The van der Waals surface area contributed by atoms with Crippen LogP contribution in [0.5, 0.6) is 5.75 Å². The van der Waals surface area contributed by atoms with E-state index in [2.05, 4.69) is 9.71 Å². The number of carbonyl (C=O) groups is 1. The van der Waals surface area contributed by atoms with E-state index in [-0.39, 0.29) is 29.7 Å². The lowest BCUT2D eigenvalue weighted by molar-refractivity contribution is 0.103. The summed E-state index contributed by atoms with van der Waals surface area (Å²) in [5.74, 6) is -1.67. The van der Waals surface area contributed by atoms with E-state index >= 15 is 0 Å². The van der Waals surface area contributed by atoms with E-state index in [1.165, 1.54) is 13.2 Å². The van der Waals surface area contributed by atoms with E-state index in [0.717, 1.165) is 12.1 Å². The zero-order valence-corrected chi connectivity index (χ0v) is 16.3. The molecule has 3 rings (SSSR count). The van der Waals surface area contributed by atoms with Crippen molar-refractivity contribution in [2.45, 2.75) is 12.8 Å². The Kier molecular flexibility index (Phi) is 6.63. The van der Waals surface area contributed by atoms with Gasteiger partial charge in [0.2, 0.25) is 11.3 Å². The van der Waals surface area contributed by atoms with Crippen LogP contribution in [0.25, 0.3) is 10.9 Å². The van der Waals surface area contributed by atoms with Crippen molar-refractivity contribution in [1.82, 2.24) is 9.71 Å². The van der Waals surface area contributed by atoms with Gasteiger partial charge in [-0.25, -0.2) is 17.7 Å². The van der Waals surface area contributed by atoms with Crippen LogP contribution in [0.15, 0.2) is 42.6 Å². The third-order valence-electron chi connectivity index (χ3n) is 4.36. The molecule has 0 bridgehead atoms. The van der Waals surface area contributed by atoms with Crippen LogP contribution < -0.4 is 9.46 Å². The number of benzene rings is 2. The average Bonchev–Trinajstić information content (AvgIpc) is 2.71. The molecule has 0 aliphatic heterocycles. The van der Waals surface area contributed by atoms with Gasteiger partial charge in [-0.05, 0) is 54.8 Å². The van der Waals surface area contributed by atoms with Crippen molar-refractivity contribution in [2.75, 3.05) is 13.7 Å². The van der Waals surface area contributed by atoms with Gasteiger partial charge in [0.25, 0.3) is 0 Å². The van der Waals surface area contributed by atoms with E-state index in [9.17, 15) is 17.8 Å². The molecule has 0 radical (unpaired) electrons. The first kappa shape index (κ1) is 21.0. The van der Waals surface area contributed by atoms with Crippen LogP contribution in [-0.2, 0) is 17.7 Å². The van der Waals surface area contributed by atoms with Crippen molar-refractivity contribution in [3.8, 4) is 5.75 Å². The monoisotopic (exact) mass is 420 g/mol. The second-order valence-corrected chi connectivity index (χ2v) is 7.07. The van der Waals surface area contributed by atoms with Gasteiger partial charge in [-0.3, -0.25) is 14.3 Å². The highest BCUT2D eigenvalue weighted by Gasteiger charge is 2.19. The van der Waals surface area contributed by atoms with Gasteiger partial charge in [0.1, 0.15) is 17.4 Å². The molecule has 1 unspecified atom stereocenters. The lowest BCUT2D eigenvalue weighted by Crippen LogP contribution is -2.18. The third-order valence-corrected chi connectivity index (χ3v) is 4.81. The van der Waals surface area contributed by atoms with Crippen LogP contribution in [0.3, 0.4) is 0 Å². The number of halogens is 2. The number of nitrogens with zero attached hydrogens (tertiary/aromatic N) is 1. The highest BCUT2D eigenvalue weighted by Crippen LogP contribution is 2.24. The summed E-state index contributed by atoms with van der Waals surface area (Å²) < 4.78 is 55.5. The van der Waals surface area contributed by atoms with Gasteiger partial charge in [-0.2, -0.15) is 0 Å². The molecule has 0 aliphatic rings. The Bertz CT molecular complexity index is 1090. The van der Waals surface area contributed by atoms with E-state index in [0.29, 0.717) is 23.1 Å². The highest BCUT2D eigenvalue weighted by atomic mass is 32.2. The van der Waals surface area contributed by atoms with Gasteiger partial charge in [-0.15, -0.1) is 0 Å². The molecular formula is C20H18F2N2O4S. The Labute approximate surface area is 168 Å². The molecule has 2 aromatic carbocycles. The number of rotatable bonds is 8. The molecular weight excluding hydrogens is 402 g/mol. The van der Waals surface area contributed by atoms with E-state index in [4.69, 9.17) is 9.29 Å². The molecule has 0 saturated carbocycles. The number of methoxy groups -OCH3 is 1. The number of hydrogen-bond donors (Lipinski definition) is 2. The van der Waals surface area contributed by atoms with Gasteiger partial charge in [0.15, 0.2) is 5.78 Å². The summed E-state index contributed by atoms with van der Waals surface area (Å²) in [6, 6.07) is 8.28. The molecule has 1 heterocycles. The minimum atomic E-state index is -2.17. The van der Waals surface area contributed by atoms with Crippen molar-refractivity contribution in [3.63, 3.8) is 0 Å². The van der Waals surface area contributed by atoms with Crippen LogP contribution in [0.2, 0.25) is 0 Å². The minimum Gasteiger partial charge on any atom is -0.495 e. The topological polar surface area (TPSA) is 88.5 Å². The molecule has 2 N–H and O–H groups in total. The van der Waals surface area contributed by atoms with Crippen molar-refractivity contribution < 1.29 is 27.1 Å². The first-order valence-corrected chi connectivity index (χ1v) is 9.80. The fourth-order valence-corrected chi connectivity index (χ4v) is 3.27. The van der Waals surface area contributed by atoms with Gasteiger partial charge in [0, 0.05) is 17.5 Å². The summed E-state index contributed by atoms with van der Waals surface area (Å²) in [6.45, 7) is 0.141. The second-order valence-electron chi connectivity index (χ2n) is 6.29. The zero-order valence-electron chi connectivity index (χ0n) is 15.4. The Morgan fingerprint density at radius 3 is 2.76 bits per heavy atom. The lowest BCUT2D eigenvalue weighted by atomic mass is 9.97. The first-order chi connectivity index (χ1) is 13.9. The molecule has 6 nitrogen and oxygen atoms in total. The number of fused-ring (bicyclic) bond motifs is 1. The molecule has 0 spiro atoms. The maximum atomic E-state index is 14.9. The van der Waals surface area contributed by atoms with Crippen LogP contribution in [0, 0.1) is 11.6 Å². The zero-order chi connectivity index (χ0) is 21.0. The molecule has 152 valence electrons. The maximum absolute atomic E-state index is 14.9. The number of aryl methyl sites for hydroxylation is 1.